The second kappa shape index (κ2) is 10.8. The molecule has 29 heavy (non-hydrogen) atoms. The van der Waals surface area contributed by atoms with E-state index >= 15 is 0 Å². The van der Waals surface area contributed by atoms with E-state index in [4.69, 9.17) is 0 Å². The molecule has 2 aromatic rings. The van der Waals surface area contributed by atoms with E-state index in [1.165, 1.54) is 35.1 Å². The van der Waals surface area contributed by atoms with Gasteiger partial charge in [0.05, 0.1) is 0 Å². The molecular formula is C26H26F2Zr. The van der Waals surface area contributed by atoms with Crippen LogP contribution in [0.15, 0.2) is 90.5 Å². The van der Waals surface area contributed by atoms with Gasteiger partial charge in [-0.1, -0.05) is 0 Å². The predicted molar refractivity (Wildman–Crippen MR) is 111 cm³/mol. The second-order valence-electron chi connectivity index (χ2n) is 7.68. The Balaban J connectivity index is 0.00000150. The van der Waals surface area contributed by atoms with Gasteiger partial charge in [0, 0.05) is 0 Å². The molecule has 0 saturated carbocycles. The normalized spacial score (nSPS) is 14.7. The Labute approximate surface area is 184 Å². The van der Waals surface area contributed by atoms with Crippen molar-refractivity contribution in [3.8, 4) is 0 Å². The van der Waals surface area contributed by atoms with Crippen LogP contribution in [0, 0.1) is 13.8 Å². The summed E-state index contributed by atoms with van der Waals surface area (Å²) in [5, 5.41) is 0. The van der Waals surface area contributed by atoms with E-state index in [9.17, 15) is 0 Å². The first-order chi connectivity index (χ1) is 13.2. The minimum Gasteiger partial charge on any atom is -1.00 e. The van der Waals surface area contributed by atoms with Crippen molar-refractivity contribution in [2.45, 2.75) is 39.5 Å². The summed E-state index contributed by atoms with van der Waals surface area (Å²) >= 11 is -0.678. The minimum atomic E-state index is -0.678. The zero-order valence-corrected chi connectivity index (χ0v) is 19.5. The maximum atomic E-state index is 2.39. The van der Waals surface area contributed by atoms with Crippen molar-refractivity contribution < 1.29 is 32.6 Å². The topological polar surface area (TPSA) is 0 Å². The zero-order chi connectivity index (χ0) is 18.6. The number of halogens is 2. The summed E-state index contributed by atoms with van der Waals surface area (Å²) in [6.45, 7) is 4.37. The average Bonchev–Trinajstić information content (AvgIpc) is 3.25. The molecule has 0 bridgehead atoms. The van der Waals surface area contributed by atoms with E-state index in [0.717, 1.165) is 12.8 Å². The van der Waals surface area contributed by atoms with Crippen LogP contribution in [0.5, 0.6) is 0 Å². The number of hydrogen-bond donors (Lipinski definition) is 0. The molecule has 0 spiro atoms. The van der Waals surface area contributed by atoms with Crippen LogP contribution in [0.2, 0.25) is 0 Å². The van der Waals surface area contributed by atoms with Gasteiger partial charge in [0.2, 0.25) is 0 Å². The molecule has 0 radical (unpaired) electrons. The Kier molecular flexibility index (Phi) is 8.71. The summed E-state index contributed by atoms with van der Waals surface area (Å²) in [5.74, 6) is 0. The molecule has 2 aliphatic carbocycles. The van der Waals surface area contributed by atoms with Crippen molar-refractivity contribution in [2.24, 2.45) is 0 Å². The Hall–Kier alpha value is -1.86. The average molecular weight is 468 g/mol. The van der Waals surface area contributed by atoms with Crippen molar-refractivity contribution in [2.75, 3.05) is 0 Å². The Morgan fingerprint density at radius 2 is 1.14 bits per heavy atom. The summed E-state index contributed by atoms with van der Waals surface area (Å²) in [4.78, 5) is 0. The summed E-state index contributed by atoms with van der Waals surface area (Å²) in [7, 11) is 0. The molecule has 0 unspecified atom stereocenters. The smallest absolute Gasteiger partial charge is 1.00 e. The fourth-order valence-corrected chi connectivity index (χ4v) is 7.57. The van der Waals surface area contributed by atoms with E-state index in [0.29, 0.717) is 0 Å². The Bertz CT molecular complexity index is 900. The third-order valence-corrected chi connectivity index (χ3v) is 9.38. The molecule has 0 nitrogen and oxygen atoms in total. The van der Waals surface area contributed by atoms with Gasteiger partial charge in [0.25, 0.3) is 0 Å². The summed E-state index contributed by atoms with van der Waals surface area (Å²) in [6.07, 6.45) is 14.1. The fourth-order valence-electron chi connectivity index (χ4n) is 3.96. The van der Waals surface area contributed by atoms with Crippen LogP contribution < -0.4 is 9.41 Å². The van der Waals surface area contributed by atoms with Gasteiger partial charge in [-0.05, 0) is 0 Å². The molecule has 0 aromatic heterocycles. The number of rotatable bonds is 6. The molecule has 0 aliphatic heterocycles. The van der Waals surface area contributed by atoms with Gasteiger partial charge in [-0.2, -0.15) is 0 Å². The molecular weight excluding hydrogens is 442 g/mol. The van der Waals surface area contributed by atoms with Gasteiger partial charge < -0.3 is 9.41 Å². The molecule has 0 saturated heterocycles. The van der Waals surface area contributed by atoms with Gasteiger partial charge in [-0.25, -0.2) is 0 Å². The number of hydrogen-bond acceptors (Lipinski definition) is 0. The van der Waals surface area contributed by atoms with Crippen LogP contribution in [0.25, 0.3) is 0 Å². The summed E-state index contributed by atoms with van der Waals surface area (Å²) in [5.41, 5.74) is 8.82. The quantitative estimate of drug-likeness (QED) is 0.584. The van der Waals surface area contributed by atoms with Crippen molar-refractivity contribution in [3.63, 3.8) is 0 Å². The SMILES string of the molecule is Cc1cccc(CC2=[C]([Zr+2][C]3=C(Cc4cccc(C)c4)C=CC3)CC=C2)c1.[F-].[F-]. The first-order valence-corrected chi connectivity index (χ1v) is 12.3. The van der Waals surface area contributed by atoms with Crippen molar-refractivity contribution in [1.29, 1.82) is 0 Å². The standard InChI is InChI=1S/2C13H13.2FH.Zr/c2*1-11-5-4-8-13(9-11)10-12-6-2-3-7-12;;;/h2*2,4-6,8-9H,3,10H2,1H3;2*1H;/q;;;;+2/p-2. The largest absolute Gasteiger partial charge is 1.00 e. The number of allylic oxidation sites excluding steroid dienone is 8. The van der Waals surface area contributed by atoms with Crippen LogP contribution in [0.3, 0.4) is 0 Å². The molecule has 0 amide bonds. The fraction of sp³-hybridized carbons (Fsp3) is 0.231. The van der Waals surface area contributed by atoms with Gasteiger partial charge in [-0.15, -0.1) is 0 Å². The first kappa shape index (κ1) is 23.4. The second-order valence-corrected chi connectivity index (χ2v) is 11.3. The van der Waals surface area contributed by atoms with E-state index in [1.54, 1.807) is 17.7 Å². The Morgan fingerprint density at radius 1 is 0.690 bits per heavy atom. The summed E-state index contributed by atoms with van der Waals surface area (Å²) in [6, 6.07) is 18.0. The molecule has 4 rings (SSSR count). The summed E-state index contributed by atoms with van der Waals surface area (Å²) < 4.78 is 3.56. The van der Waals surface area contributed by atoms with Crippen LogP contribution >= 0.6 is 0 Å². The van der Waals surface area contributed by atoms with Gasteiger partial charge in [-0.3, -0.25) is 0 Å². The van der Waals surface area contributed by atoms with Crippen LogP contribution in [-0.4, -0.2) is 0 Å². The van der Waals surface area contributed by atoms with E-state index in [-0.39, 0.29) is 9.41 Å². The molecule has 0 heterocycles. The monoisotopic (exact) mass is 466 g/mol. The van der Waals surface area contributed by atoms with Gasteiger partial charge >= 0.3 is 176 Å². The third-order valence-electron chi connectivity index (χ3n) is 5.31. The predicted octanol–water partition coefficient (Wildman–Crippen LogP) is 0.607. The van der Waals surface area contributed by atoms with Crippen LogP contribution in [0.1, 0.15) is 35.1 Å². The minimum absolute atomic E-state index is 0. The van der Waals surface area contributed by atoms with E-state index < -0.39 is 23.2 Å². The Morgan fingerprint density at radius 3 is 1.55 bits per heavy atom. The molecule has 0 N–H and O–H groups in total. The van der Waals surface area contributed by atoms with E-state index in [2.05, 4.69) is 86.7 Å². The van der Waals surface area contributed by atoms with Gasteiger partial charge in [0.15, 0.2) is 0 Å². The molecule has 148 valence electrons. The first-order valence-electron chi connectivity index (χ1n) is 9.82. The van der Waals surface area contributed by atoms with Crippen molar-refractivity contribution >= 4 is 0 Å². The maximum absolute atomic E-state index is 2.39. The van der Waals surface area contributed by atoms with Crippen LogP contribution in [0.4, 0.5) is 0 Å². The maximum Gasteiger partial charge on any atom is -1.00 e. The van der Waals surface area contributed by atoms with Crippen molar-refractivity contribution in [1.82, 2.24) is 0 Å². The molecule has 2 aliphatic rings. The molecule has 0 atom stereocenters. The number of aryl methyl sites for hydroxylation is 2. The molecule has 2 aromatic carbocycles. The van der Waals surface area contributed by atoms with Gasteiger partial charge in [0.1, 0.15) is 0 Å². The van der Waals surface area contributed by atoms with Crippen LogP contribution in [-0.2, 0) is 36.1 Å². The van der Waals surface area contributed by atoms with E-state index in [1.807, 2.05) is 0 Å². The van der Waals surface area contributed by atoms with Crippen molar-refractivity contribution in [3.05, 3.63) is 113 Å². The number of benzene rings is 2. The molecule has 3 heteroatoms. The molecule has 0 fully saturated rings. The zero-order valence-electron chi connectivity index (χ0n) is 17.0. The third kappa shape index (κ3) is 6.06.